The summed E-state index contributed by atoms with van der Waals surface area (Å²) >= 11 is 0. The molecule has 18 heavy (non-hydrogen) atoms. The number of aldehydes is 1. The quantitative estimate of drug-likeness (QED) is 0.764. The number of nitrogens with zero attached hydrogens (tertiary/aromatic N) is 2. The minimum atomic E-state index is 0.0394. The van der Waals surface area contributed by atoms with Gasteiger partial charge in [-0.1, -0.05) is 6.92 Å². The van der Waals surface area contributed by atoms with E-state index in [4.69, 9.17) is 0 Å². The maximum Gasteiger partial charge on any atom is 0.153 e. The molecular weight excluding hydrogens is 228 g/mol. The largest absolute Gasteiger partial charge is 0.507 e. The number of likely N-dealkylation sites (tertiary alicyclic amines) is 1. The Morgan fingerprint density at radius 2 is 2.17 bits per heavy atom. The second-order valence-corrected chi connectivity index (χ2v) is 5.68. The zero-order valence-electron chi connectivity index (χ0n) is 11.0. The molecule has 4 heteroatoms. The molecule has 1 unspecified atom stereocenters. The standard InChI is InChI=1S/C14H18N2O2/c1-14-4-5-15(2)13(14)16(3)11-6-9(8-17)12(18)7-10(11)14/h6-8,13,18H,4-5H2,1-3H3/t13?,14-/m0/s1. The van der Waals surface area contributed by atoms with Crippen LogP contribution in [-0.2, 0) is 5.41 Å². The summed E-state index contributed by atoms with van der Waals surface area (Å²) < 4.78 is 0. The van der Waals surface area contributed by atoms with E-state index in [1.165, 1.54) is 0 Å². The van der Waals surface area contributed by atoms with E-state index in [0.717, 1.165) is 24.2 Å². The number of anilines is 1. The number of hydrogen-bond donors (Lipinski definition) is 1. The molecule has 2 atom stereocenters. The molecule has 1 aromatic carbocycles. The van der Waals surface area contributed by atoms with Crippen LogP contribution < -0.4 is 4.90 Å². The Kier molecular flexibility index (Phi) is 2.23. The normalized spacial score (nSPS) is 30.4. The lowest BCUT2D eigenvalue weighted by Crippen LogP contribution is -2.45. The summed E-state index contributed by atoms with van der Waals surface area (Å²) in [7, 11) is 4.18. The van der Waals surface area contributed by atoms with Gasteiger partial charge in [-0.05, 0) is 31.2 Å². The van der Waals surface area contributed by atoms with Crippen molar-refractivity contribution in [3.8, 4) is 5.75 Å². The fourth-order valence-electron chi connectivity index (χ4n) is 3.71. The fraction of sp³-hybridized carbons (Fsp3) is 0.500. The van der Waals surface area contributed by atoms with Crippen LogP contribution >= 0.6 is 0 Å². The topological polar surface area (TPSA) is 43.8 Å². The van der Waals surface area contributed by atoms with Gasteiger partial charge in [-0.25, -0.2) is 0 Å². The molecule has 0 radical (unpaired) electrons. The van der Waals surface area contributed by atoms with Crippen molar-refractivity contribution in [2.24, 2.45) is 0 Å². The summed E-state index contributed by atoms with van der Waals surface area (Å²) in [6, 6.07) is 3.57. The van der Waals surface area contributed by atoms with Crippen molar-refractivity contribution in [3.05, 3.63) is 23.3 Å². The lowest BCUT2D eigenvalue weighted by atomic mass is 9.81. The van der Waals surface area contributed by atoms with Gasteiger partial charge in [0.25, 0.3) is 0 Å². The molecule has 1 saturated heterocycles. The summed E-state index contributed by atoms with van der Waals surface area (Å²) in [4.78, 5) is 15.5. The average Bonchev–Trinajstić information content (AvgIpc) is 2.75. The first kappa shape index (κ1) is 11.5. The van der Waals surface area contributed by atoms with E-state index in [1.807, 2.05) is 0 Å². The van der Waals surface area contributed by atoms with Crippen LogP contribution in [0.1, 0.15) is 29.3 Å². The third-order valence-electron chi connectivity index (χ3n) is 4.61. The Bertz CT molecular complexity index is 529. The predicted octanol–water partition coefficient (Wildman–Crippen LogP) is 1.57. The maximum absolute atomic E-state index is 10.9. The van der Waals surface area contributed by atoms with Crippen LogP contribution in [0.4, 0.5) is 5.69 Å². The van der Waals surface area contributed by atoms with Gasteiger partial charge in [-0.2, -0.15) is 0 Å². The molecule has 2 heterocycles. The number of phenolic OH excluding ortho intramolecular Hbond substituents is 1. The number of likely N-dealkylation sites (N-methyl/N-ethyl adjacent to an activating group) is 2. The number of carbonyl (C=O) groups excluding carboxylic acids is 1. The second kappa shape index (κ2) is 3.48. The highest BCUT2D eigenvalue weighted by molar-refractivity contribution is 5.84. The van der Waals surface area contributed by atoms with Gasteiger partial charge >= 0.3 is 0 Å². The number of carbonyl (C=O) groups is 1. The Morgan fingerprint density at radius 1 is 1.44 bits per heavy atom. The van der Waals surface area contributed by atoms with Crippen molar-refractivity contribution in [1.29, 1.82) is 0 Å². The second-order valence-electron chi connectivity index (χ2n) is 5.68. The first-order chi connectivity index (χ1) is 8.49. The monoisotopic (exact) mass is 246 g/mol. The highest BCUT2D eigenvalue weighted by Gasteiger charge is 2.52. The highest BCUT2D eigenvalue weighted by atomic mass is 16.3. The lowest BCUT2D eigenvalue weighted by molar-refractivity contribution is 0.112. The molecule has 3 rings (SSSR count). The van der Waals surface area contributed by atoms with Crippen molar-refractivity contribution in [1.82, 2.24) is 4.90 Å². The van der Waals surface area contributed by atoms with E-state index >= 15 is 0 Å². The van der Waals surface area contributed by atoms with Crippen LogP contribution in [0.5, 0.6) is 5.75 Å². The molecule has 0 bridgehead atoms. The van der Waals surface area contributed by atoms with Gasteiger partial charge in [0.15, 0.2) is 6.29 Å². The average molecular weight is 246 g/mol. The fourth-order valence-corrected chi connectivity index (χ4v) is 3.71. The summed E-state index contributed by atoms with van der Waals surface area (Å²) in [5.74, 6) is 0.0913. The van der Waals surface area contributed by atoms with Gasteiger partial charge < -0.3 is 10.0 Å². The Hall–Kier alpha value is -1.55. The van der Waals surface area contributed by atoms with Crippen LogP contribution in [0.15, 0.2) is 12.1 Å². The molecule has 4 nitrogen and oxygen atoms in total. The highest BCUT2D eigenvalue weighted by Crippen LogP contribution is 2.52. The number of phenols is 1. The number of benzene rings is 1. The number of rotatable bonds is 1. The Labute approximate surface area is 107 Å². The molecular formula is C14H18N2O2. The SMILES string of the molecule is CN1CC[C@@]2(C)c3cc(O)c(C=O)cc3N(C)C12. The van der Waals surface area contributed by atoms with Crippen LogP contribution in [0.25, 0.3) is 0 Å². The van der Waals surface area contributed by atoms with Crippen LogP contribution in [-0.4, -0.2) is 43.1 Å². The minimum Gasteiger partial charge on any atom is -0.507 e. The molecule has 0 aromatic heterocycles. The molecule has 0 aliphatic carbocycles. The number of fused-ring (bicyclic) bond motifs is 3. The van der Waals surface area contributed by atoms with E-state index in [1.54, 1.807) is 12.1 Å². The Morgan fingerprint density at radius 3 is 2.83 bits per heavy atom. The third kappa shape index (κ3) is 1.21. The van der Waals surface area contributed by atoms with E-state index < -0.39 is 0 Å². The zero-order valence-corrected chi connectivity index (χ0v) is 11.0. The Balaban J connectivity index is 2.21. The molecule has 0 amide bonds. The molecule has 1 N–H and O–H groups in total. The van der Waals surface area contributed by atoms with Crippen LogP contribution in [0.3, 0.4) is 0 Å². The molecule has 1 fully saturated rings. The van der Waals surface area contributed by atoms with Crippen molar-refractivity contribution < 1.29 is 9.90 Å². The van der Waals surface area contributed by atoms with E-state index in [0.29, 0.717) is 18.0 Å². The van der Waals surface area contributed by atoms with E-state index in [9.17, 15) is 9.90 Å². The first-order valence-electron chi connectivity index (χ1n) is 6.25. The molecule has 0 spiro atoms. The lowest BCUT2D eigenvalue weighted by Gasteiger charge is -2.32. The van der Waals surface area contributed by atoms with Crippen LogP contribution in [0.2, 0.25) is 0 Å². The van der Waals surface area contributed by atoms with Gasteiger partial charge in [0.05, 0.1) is 11.7 Å². The zero-order chi connectivity index (χ0) is 13.1. The summed E-state index contributed by atoms with van der Waals surface area (Å²) in [6.45, 7) is 3.30. The number of hydrogen-bond acceptors (Lipinski definition) is 4. The third-order valence-corrected chi connectivity index (χ3v) is 4.61. The van der Waals surface area contributed by atoms with Crippen molar-refractivity contribution in [2.45, 2.75) is 24.9 Å². The summed E-state index contributed by atoms with van der Waals surface area (Å²) in [5.41, 5.74) is 2.63. The number of aromatic hydroxyl groups is 1. The van der Waals surface area contributed by atoms with E-state index in [2.05, 4.69) is 30.8 Å². The molecule has 1 aromatic rings. The van der Waals surface area contributed by atoms with Crippen molar-refractivity contribution >= 4 is 12.0 Å². The first-order valence-corrected chi connectivity index (χ1v) is 6.25. The van der Waals surface area contributed by atoms with Crippen LogP contribution in [0, 0.1) is 0 Å². The van der Waals surface area contributed by atoms with Crippen molar-refractivity contribution in [3.63, 3.8) is 0 Å². The van der Waals surface area contributed by atoms with Gasteiger partial charge in [-0.3, -0.25) is 9.69 Å². The predicted molar refractivity (Wildman–Crippen MR) is 70.3 cm³/mol. The molecule has 2 aliphatic heterocycles. The van der Waals surface area contributed by atoms with Gasteiger partial charge in [0.2, 0.25) is 0 Å². The molecule has 2 aliphatic rings. The van der Waals surface area contributed by atoms with Gasteiger partial charge in [0, 0.05) is 24.7 Å². The van der Waals surface area contributed by atoms with Gasteiger partial charge in [0.1, 0.15) is 5.75 Å². The minimum absolute atomic E-state index is 0.0394. The van der Waals surface area contributed by atoms with Gasteiger partial charge in [-0.15, -0.1) is 0 Å². The molecule has 96 valence electrons. The smallest absolute Gasteiger partial charge is 0.153 e. The molecule has 0 saturated carbocycles. The van der Waals surface area contributed by atoms with E-state index in [-0.39, 0.29) is 11.2 Å². The van der Waals surface area contributed by atoms with Crippen molar-refractivity contribution in [2.75, 3.05) is 25.5 Å². The summed E-state index contributed by atoms with van der Waals surface area (Å²) in [5, 5.41) is 9.90. The summed E-state index contributed by atoms with van der Waals surface area (Å²) in [6.07, 6.45) is 2.10. The maximum atomic E-state index is 10.9.